The summed E-state index contributed by atoms with van der Waals surface area (Å²) in [5.41, 5.74) is 1.14. The van der Waals surface area contributed by atoms with Crippen LogP contribution in [-0.4, -0.2) is 32.9 Å². The molecule has 1 aromatic heterocycles. The molecule has 0 bridgehead atoms. The van der Waals surface area contributed by atoms with Crippen molar-refractivity contribution in [1.82, 2.24) is 9.97 Å². The van der Waals surface area contributed by atoms with Gasteiger partial charge in [-0.1, -0.05) is 5.16 Å². The van der Waals surface area contributed by atoms with Gasteiger partial charge in [0.25, 0.3) is 0 Å². The maximum atomic E-state index is 10.5. The van der Waals surface area contributed by atoms with Crippen LogP contribution in [0.25, 0.3) is 0 Å². The third-order valence-corrected chi connectivity index (χ3v) is 1.82. The first-order valence-corrected chi connectivity index (χ1v) is 3.99. The number of oxime groups is 1. The normalized spacial score (nSPS) is 20.0. The fourth-order valence-corrected chi connectivity index (χ4v) is 1.12. The Labute approximate surface area is 79.2 Å². The Kier molecular flexibility index (Phi) is 2.10. The van der Waals surface area contributed by atoms with Gasteiger partial charge in [-0.3, -0.25) is 0 Å². The minimum Gasteiger partial charge on any atom is -0.478 e. The second-order valence-corrected chi connectivity index (χ2v) is 2.77. The summed E-state index contributed by atoms with van der Waals surface area (Å²) in [6.07, 6.45) is 2.30. The molecule has 0 aromatic carbocycles. The molecule has 1 unspecified atom stereocenters. The predicted molar refractivity (Wildman–Crippen MR) is 45.7 cm³/mol. The molecule has 0 saturated carbocycles. The van der Waals surface area contributed by atoms with Gasteiger partial charge in [-0.05, 0) is 6.07 Å². The topological polar surface area (TPSA) is 84.7 Å². The van der Waals surface area contributed by atoms with Gasteiger partial charge in [0, 0.05) is 12.6 Å². The molecular weight excluding hydrogens is 186 g/mol. The number of hydrogen-bond donors (Lipinski definition) is 1. The Hall–Kier alpha value is -1.98. The molecule has 6 nitrogen and oxygen atoms in total. The van der Waals surface area contributed by atoms with E-state index in [1.54, 1.807) is 12.3 Å². The molecule has 0 radical (unpaired) electrons. The molecule has 2 rings (SSSR count). The number of carboxylic acids is 1. The first-order chi connectivity index (χ1) is 6.77. The van der Waals surface area contributed by atoms with Gasteiger partial charge in [-0.25, -0.2) is 14.8 Å². The van der Waals surface area contributed by atoms with Crippen LogP contribution in [0.3, 0.4) is 0 Å². The Morgan fingerprint density at radius 3 is 3.07 bits per heavy atom. The van der Waals surface area contributed by atoms with Crippen LogP contribution in [0.2, 0.25) is 0 Å². The van der Waals surface area contributed by atoms with Gasteiger partial charge in [-0.2, -0.15) is 0 Å². The van der Waals surface area contributed by atoms with E-state index in [0.29, 0.717) is 11.4 Å². The highest BCUT2D eigenvalue weighted by atomic mass is 16.7. The van der Waals surface area contributed by atoms with Crippen molar-refractivity contribution in [3.63, 3.8) is 0 Å². The van der Waals surface area contributed by atoms with Gasteiger partial charge in [0.05, 0.1) is 5.69 Å². The monoisotopic (exact) mass is 193 g/mol. The van der Waals surface area contributed by atoms with E-state index in [0.717, 1.165) is 0 Å². The van der Waals surface area contributed by atoms with Crippen LogP contribution in [-0.2, 0) is 9.63 Å². The Morgan fingerprint density at radius 1 is 1.64 bits per heavy atom. The summed E-state index contributed by atoms with van der Waals surface area (Å²) < 4.78 is 0. The molecule has 1 N–H and O–H groups in total. The largest absolute Gasteiger partial charge is 0.478 e. The van der Waals surface area contributed by atoms with E-state index in [9.17, 15) is 4.79 Å². The lowest BCUT2D eigenvalue weighted by Crippen LogP contribution is -2.20. The lowest BCUT2D eigenvalue weighted by molar-refractivity contribution is -0.148. The van der Waals surface area contributed by atoms with Gasteiger partial charge in [0.1, 0.15) is 12.0 Å². The van der Waals surface area contributed by atoms with Crippen LogP contribution in [0.1, 0.15) is 12.1 Å². The molecular formula is C8H7N3O3. The van der Waals surface area contributed by atoms with E-state index in [2.05, 4.69) is 15.1 Å². The third-order valence-electron chi connectivity index (χ3n) is 1.82. The van der Waals surface area contributed by atoms with Crippen LogP contribution in [0.15, 0.2) is 23.7 Å². The first-order valence-electron chi connectivity index (χ1n) is 3.99. The van der Waals surface area contributed by atoms with E-state index in [1.165, 1.54) is 6.33 Å². The molecule has 0 saturated heterocycles. The summed E-state index contributed by atoms with van der Waals surface area (Å²) in [7, 11) is 0. The van der Waals surface area contributed by atoms with Gasteiger partial charge < -0.3 is 9.94 Å². The molecule has 1 aliphatic heterocycles. The Bertz CT molecular complexity index is 377. The number of aliphatic carboxylic acids is 1. The molecule has 14 heavy (non-hydrogen) atoms. The van der Waals surface area contributed by atoms with Crippen molar-refractivity contribution in [2.45, 2.75) is 12.5 Å². The van der Waals surface area contributed by atoms with Crippen molar-refractivity contribution in [3.8, 4) is 0 Å². The number of carbonyl (C=O) groups is 1. The van der Waals surface area contributed by atoms with E-state index < -0.39 is 12.1 Å². The summed E-state index contributed by atoms with van der Waals surface area (Å²) in [6, 6.07) is 1.66. The summed E-state index contributed by atoms with van der Waals surface area (Å²) >= 11 is 0. The van der Waals surface area contributed by atoms with Gasteiger partial charge in [0.15, 0.2) is 0 Å². The van der Waals surface area contributed by atoms with Crippen molar-refractivity contribution in [2.75, 3.05) is 0 Å². The van der Waals surface area contributed by atoms with Crippen LogP contribution in [0.5, 0.6) is 0 Å². The van der Waals surface area contributed by atoms with Crippen LogP contribution < -0.4 is 0 Å². The number of carboxylic acid groups (broad SMARTS) is 1. The maximum Gasteiger partial charge on any atom is 0.348 e. The van der Waals surface area contributed by atoms with Crippen molar-refractivity contribution in [3.05, 3.63) is 24.3 Å². The van der Waals surface area contributed by atoms with E-state index in [1.807, 2.05) is 0 Å². The second-order valence-electron chi connectivity index (χ2n) is 2.77. The molecule has 1 aliphatic rings. The number of aromatic nitrogens is 2. The summed E-state index contributed by atoms with van der Waals surface area (Å²) in [5, 5.41) is 12.3. The highest BCUT2D eigenvalue weighted by Gasteiger charge is 2.28. The SMILES string of the molecule is O=C(O)C1CC(c2ccncn2)=NO1. The molecule has 0 fully saturated rings. The zero-order valence-electron chi connectivity index (χ0n) is 7.12. The summed E-state index contributed by atoms with van der Waals surface area (Å²) in [6.45, 7) is 0. The molecule has 1 aromatic rings. The minimum atomic E-state index is -1.02. The minimum absolute atomic E-state index is 0.242. The fraction of sp³-hybridized carbons (Fsp3) is 0.250. The number of nitrogens with zero attached hydrogens (tertiary/aromatic N) is 3. The standard InChI is InChI=1S/C8H7N3O3/c12-8(13)7-3-6(11-14-7)5-1-2-9-4-10-5/h1-2,4,7H,3H2,(H,12,13). The summed E-state index contributed by atoms with van der Waals surface area (Å²) in [5.74, 6) is -1.02. The van der Waals surface area contributed by atoms with Crippen molar-refractivity contribution >= 4 is 11.7 Å². The molecule has 0 aliphatic carbocycles. The van der Waals surface area contributed by atoms with E-state index in [-0.39, 0.29) is 6.42 Å². The fourth-order valence-electron chi connectivity index (χ4n) is 1.12. The summed E-state index contributed by atoms with van der Waals surface area (Å²) in [4.78, 5) is 22.9. The first kappa shape index (κ1) is 8.61. The highest BCUT2D eigenvalue weighted by molar-refractivity contribution is 6.01. The second kappa shape index (κ2) is 3.41. The zero-order chi connectivity index (χ0) is 9.97. The molecule has 2 heterocycles. The molecule has 6 heteroatoms. The maximum absolute atomic E-state index is 10.5. The molecule has 0 spiro atoms. The average molecular weight is 193 g/mol. The van der Waals surface area contributed by atoms with Crippen molar-refractivity contribution in [1.29, 1.82) is 0 Å². The highest BCUT2D eigenvalue weighted by Crippen LogP contribution is 2.14. The van der Waals surface area contributed by atoms with E-state index in [4.69, 9.17) is 9.94 Å². The Morgan fingerprint density at radius 2 is 2.50 bits per heavy atom. The zero-order valence-corrected chi connectivity index (χ0v) is 7.12. The smallest absolute Gasteiger partial charge is 0.348 e. The predicted octanol–water partition coefficient (Wildman–Crippen LogP) is 0.0542. The van der Waals surface area contributed by atoms with Crippen molar-refractivity contribution < 1.29 is 14.7 Å². The van der Waals surface area contributed by atoms with E-state index >= 15 is 0 Å². The van der Waals surface area contributed by atoms with Crippen LogP contribution in [0, 0.1) is 0 Å². The molecule has 72 valence electrons. The van der Waals surface area contributed by atoms with Gasteiger partial charge in [-0.15, -0.1) is 0 Å². The average Bonchev–Trinajstić information content (AvgIpc) is 2.68. The lowest BCUT2D eigenvalue weighted by atomic mass is 10.1. The molecule has 1 atom stereocenters. The lowest BCUT2D eigenvalue weighted by Gasteiger charge is -1.99. The third kappa shape index (κ3) is 1.54. The van der Waals surface area contributed by atoms with Gasteiger partial charge >= 0.3 is 5.97 Å². The van der Waals surface area contributed by atoms with Crippen LogP contribution >= 0.6 is 0 Å². The van der Waals surface area contributed by atoms with Crippen molar-refractivity contribution in [2.24, 2.45) is 5.16 Å². The number of hydrogen-bond acceptors (Lipinski definition) is 5. The molecule has 0 amide bonds. The van der Waals surface area contributed by atoms with Gasteiger partial charge in [0.2, 0.25) is 6.10 Å². The number of rotatable bonds is 2. The quantitative estimate of drug-likeness (QED) is 0.717. The van der Waals surface area contributed by atoms with Crippen LogP contribution in [0.4, 0.5) is 0 Å². The Balaban J connectivity index is 2.13.